The van der Waals surface area contributed by atoms with Crippen LogP contribution in [-0.4, -0.2) is 39.8 Å². The van der Waals surface area contributed by atoms with Crippen LogP contribution >= 0.6 is 0 Å². The zero-order valence-corrected chi connectivity index (χ0v) is 18.7. The highest BCUT2D eigenvalue weighted by atomic mass is 16.5. The van der Waals surface area contributed by atoms with Crippen molar-refractivity contribution in [2.45, 2.75) is 25.4 Å². The molecule has 0 aliphatic carbocycles. The van der Waals surface area contributed by atoms with Gasteiger partial charge in [0.15, 0.2) is 0 Å². The quantitative estimate of drug-likeness (QED) is 0.454. The number of para-hydroxylation sites is 3. The van der Waals surface area contributed by atoms with Crippen LogP contribution in [0.3, 0.4) is 0 Å². The first-order chi connectivity index (χ1) is 16.6. The lowest BCUT2D eigenvalue weighted by atomic mass is 9.95. The van der Waals surface area contributed by atoms with Crippen LogP contribution in [0.15, 0.2) is 72.8 Å². The molecule has 5 rings (SSSR count). The van der Waals surface area contributed by atoms with E-state index in [9.17, 15) is 9.59 Å². The molecular formula is C27H26N4O3. The molecule has 0 unspecified atom stereocenters. The minimum atomic E-state index is -0.537. The van der Waals surface area contributed by atoms with Crippen molar-refractivity contribution in [3.8, 4) is 5.75 Å². The summed E-state index contributed by atoms with van der Waals surface area (Å²) in [5.41, 5.74) is 9.27. The number of nitrogens with two attached hydrogens (primary N) is 1. The molecule has 0 saturated carbocycles. The Morgan fingerprint density at radius 1 is 1.00 bits per heavy atom. The van der Waals surface area contributed by atoms with Crippen LogP contribution in [-0.2, 0) is 6.61 Å². The van der Waals surface area contributed by atoms with Gasteiger partial charge in [-0.25, -0.2) is 4.98 Å². The van der Waals surface area contributed by atoms with E-state index in [1.807, 2.05) is 53.4 Å². The third-order valence-corrected chi connectivity index (χ3v) is 6.30. The van der Waals surface area contributed by atoms with Crippen LogP contribution in [0, 0.1) is 0 Å². The minimum absolute atomic E-state index is 0.0162. The maximum atomic E-state index is 13.2. The number of hydrogen-bond donors (Lipinski definition) is 2. The fourth-order valence-electron chi connectivity index (χ4n) is 4.46. The Balaban J connectivity index is 1.22. The van der Waals surface area contributed by atoms with Crippen LogP contribution in [0.4, 0.5) is 0 Å². The second-order valence-corrected chi connectivity index (χ2v) is 8.56. The van der Waals surface area contributed by atoms with Crippen molar-refractivity contribution >= 4 is 22.8 Å². The average molecular weight is 455 g/mol. The molecule has 2 amide bonds. The molecule has 0 atom stereocenters. The van der Waals surface area contributed by atoms with Crippen LogP contribution in [0.25, 0.3) is 11.0 Å². The number of aromatic nitrogens is 2. The van der Waals surface area contributed by atoms with Crippen molar-refractivity contribution in [3.05, 3.63) is 95.3 Å². The lowest BCUT2D eigenvalue weighted by Crippen LogP contribution is -2.38. The van der Waals surface area contributed by atoms with E-state index in [1.165, 1.54) is 0 Å². The summed E-state index contributed by atoms with van der Waals surface area (Å²) in [4.78, 5) is 34.8. The van der Waals surface area contributed by atoms with E-state index in [1.54, 1.807) is 24.3 Å². The number of carbonyl (C=O) groups is 2. The van der Waals surface area contributed by atoms with Gasteiger partial charge in [0.25, 0.3) is 11.8 Å². The van der Waals surface area contributed by atoms with E-state index in [4.69, 9.17) is 15.5 Å². The number of nitrogens with one attached hydrogen (secondary N) is 1. The second kappa shape index (κ2) is 9.39. The molecule has 7 heteroatoms. The number of imidazole rings is 1. The van der Waals surface area contributed by atoms with Gasteiger partial charge in [0.1, 0.15) is 18.2 Å². The molecule has 2 heterocycles. The Hall–Kier alpha value is -4.13. The van der Waals surface area contributed by atoms with Gasteiger partial charge in [-0.05, 0) is 54.8 Å². The van der Waals surface area contributed by atoms with Crippen LogP contribution in [0.1, 0.15) is 50.9 Å². The molecule has 34 heavy (non-hydrogen) atoms. The number of H-pyrrole nitrogens is 1. The number of fused-ring (bicyclic) bond motifs is 1. The molecule has 1 aromatic heterocycles. The zero-order chi connectivity index (χ0) is 23.5. The van der Waals surface area contributed by atoms with Crippen molar-refractivity contribution < 1.29 is 14.3 Å². The first-order valence-corrected chi connectivity index (χ1v) is 11.4. The number of piperidine rings is 1. The number of primary amides is 1. The molecule has 0 spiro atoms. The predicted octanol–water partition coefficient (Wildman–Crippen LogP) is 4.26. The normalized spacial score (nSPS) is 14.3. The zero-order valence-electron chi connectivity index (χ0n) is 18.7. The molecular weight excluding hydrogens is 428 g/mol. The highest BCUT2D eigenvalue weighted by molar-refractivity contribution is 5.95. The lowest BCUT2D eigenvalue weighted by Gasteiger charge is -2.31. The van der Waals surface area contributed by atoms with Gasteiger partial charge in [0.2, 0.25) is 0 Å². The molecule has 7 nitrogen and oxygen atoms in total. The third kappa shape index (κ3) is 4.50. The second-order valence-electron chi connectivity index (χ2n) is 8.56. The molecule has 4 aromatic rings. The molecule has 3 aromatic carbocycles. The number of amides is 2. The molecule has 0 radical (unpaired) electrons. The highest BCUT2D eigenvalue weighted by Gasteiger charge is 2.26. The van der Waals surface area contributed by atoms with Crippen LogP contribution in [0.5, 0.6) is 5.75 Å². The fraction of sp³-hybridized carbons (Fsp3) is 0.222. The van der Waals surface area contributed by atoms with Crippen molar-refractivity contribution in [1.82, 2.24) is 14.9 Å². The lowest BCUT2D eigenvalue weighted by molar-refractivity contribution is 0.0711. The molecule has 1 saturated heterocycles. The van der Waals surface area contributed by atoms with Crippen LogP contribution < -0.4 is 10.5 Å². The van der Waals surface area contributed by atoms with E-state index < -0.39 is 5.91 Å². The number of carbonyl (C=O) groups excluding carboxylic acids is 2. The Labute approximate surface area is 197 Å². The van der Waals surface area contributed by atoms with Gasteiger partial charge in [-0.2, -0.15) is 0 Å². The molecule has 3 N–H and O–H groups in total. The molecule has 1 aliphatic rings. The third-order valence-electron chi connectivity index (χ3n) is 6.30. The number of nitrogens with zero attached hydrogens (tertiary/aromatic N) is 2. The largest absolute Gasteiger partial charge is 0.488 e. The van der Waals surface area contributed by atoms with Crippen molar-refractivity contribution in [3.63, 3.8) is 0 Å². The van der Waals surface area contributed by atoms with Gasteiger partial charge in [-0.1, -0.05) is 36.4 Å². The van der Waals surface area contributed by atoms with E-state index in [-0.39, 0.29) is 12.5 Å². The van der Waals surface area contributed by atoms with Gasteiger partial charge < -0.3 is 20.4 Å². The van der Waals surface area contributed by atoms with Gasteiger partial charge in [-0.15, -0.1) is 0 Å². The number of hydrogen-bond acceptors (Lipinski definition) is 4. The minimum Gasteiger partial charge on any atom is -0.488 e. The maximum absolute atomic E-state index is 13.2. The van der Waals surface area contributed by atoms with Crippen molar-refractivity contribution in [2.24, 2.45) is 5.73 Å². The molecule has 172 valence electrons. The number of likely N-dealkylation sites (tertiary alicyclic amines) is 1. The Kier molecular flexibility index (Phi) is 5.99. The summed E-state index contributed by atoms with van der Waals surface area (Å²) < 4.78 is 5.82. The van der Waals surface area contributed by atoms with Crippen molar-refractivity contribution in [2.75, 3.05) is 13.1 Å². The summed E-state index contributed by atoms with van der Waals surface area (Å²) in [5, 5.41) is 0. The van der Waals surface area contributed by atoms with Crippen LogP contribution in [0.2, 0.25) is 0 Å². The van der Waals surface area contributed by atoms with Crippen molar-refractivity contribution in [1.29, 1.82) is 0 Å². The first kappa shape index (κ1) is 21.7. The summed E-state index contributed by atoms with van der Waals surface area (Å²) in [5.74, 6) is 1.23. The monoisotopic (exact) mass is 454 g/mol. The Morgan fingerprint density at radius 2 is 1.76 bits per heavy atom. The van der Waals surface area contributed by atoms with Gasteiger partial charge in [0.05, 0.1) is 16.6 Å². The fourth-order valence-corrected chi connectivity index (χ4v) is 4.46. The van der Waals surface area contributed by atoms with Gasteiger partial charge in [-0.3, -0.25) is 9.59 Å². The summed E-state index contributed by atoms with van der Waals surface area (Å²) >= 11 is 0. The van der Waals surface area contributed by atoms with E-state index in [0.29, 0.717) is 35.9 Å². The molecule has 1 fully saturated rings. The SMILES string of the molecule is NC(=O)c1ccccc1OCc1cccc(C(=O)N2CCC(c3nc4ccccc4[nH]3)CC2)c1. The average Bonchev–Trinajstić information content (AvgIpc) is 3.32. The maximum Gasteiger partial charge on any atom is 0.253 e. The van der Waals surface area contributed by atoms with E-state index in [0.717, 1.165) is 35.3 Å². The Morgan fingerprint density at radius 3 is 2.56 bits per heavy atom. The molecule has 1 aliphatic heterocycles. The summed E-state index contributed by atoms with van der Waals surface area (Å²) in [6, 6.07) is 22.3. The summed E-state index contributed by atoms with van der Waals surface area (Å²) in [7, 11) is 0. The topological polar surface area (TPSA) is 101 Å². The summed E-state index contributed by atoms with van der Waals surface area (Å²) in [6.45, 7) is 1.61. The highest BCUT2D eigenvalue weighted by Crippen LogP contribution is 2.28. The van der Waals surface area contributed by atoms with E-state index >= 15 is 0 Å². The van der Waals surface area contributed by atoms with Gasteiger partial charge in [0, 0.05) is 24.6 Å². The van der Waals surface area contributed by atoms with Gasteiger partial charge >= 0.3 is 0 Å². The number of ether oxygens (including phenoxy) is 1. The molecule has 0 bridgehead atoms. The van der Waals surface area contributed by atoms with E-state index in [2.05, 4.69) is 4.98 Å². The predicted molar refractivity (Wildman–Crippen MR) is 130 cm³/mol. The smallest absolute Gasteiger partial charge is 0.253 e. The summed E-state index contributed by atoms with van der Waals surface area (Å²) in [6.07, 6.45) is 1.75. The number of rotatable bonds is 6. The Bertz CT molecular complexity index is 1310. The standard InChI is InChI=1S/C27H26N4O3/c28-25(32)21-8-1-4-11-24(21)34-17-18-6-5-7-20(16-18)27(33)31-14-12-19(13-15-31)26-29-22-9-2-3-10-23(22)30-26/h1-11,16,19H,12-15,17H2,(H2,28,32)(H,29,30). The number of benzene rings is 3. The first-order valence-electron chi connectivity index (χ1n) is 11.4. The number of aromatic amines is 1.